The average Bonchev–Trinajstić information content (AvgIpc) is 2.27. The summed E-state index contributed by atoms with van der Waals surface area (Å²) >= 11 is 0. The molecular formula is C12H15FN2O. The van der Waals surface area contributed by atoms with Crippen molar-refractivity contribution >= 4 is 5.69 Å². The van der Waals surface area contributed by atoms with Gasteiger partial charge in [-0.2, -0.15) is 5.26 Å². The number of nitriles is 1. The van der Waals surface area contributed by atoms with E-state index >= 15 is 0 Å². The summed E-state index contributed by atoms with van der Waals surface area (Å²) in [7, 11) is 0. The van der Waals surface area contributed by atoms with Crippen LogP contribution in [0.15, 0.2) is 18.2 Å². The topological polar surface area (TPSA) is 45.0 Å². The molecule has 1 aromatic carbocycles. The van der Waals surface area contributed by atoms with Crippen molar-refractivity contribution in [2.45, 2.75) is 20.0 Å². The van der Waals surface area contributed by atoms with E-state index < -0.39 is 5.82 Å². The predicted octanol–water partition coefficient (Wildman–Crippen LogP) is 2.53. The van der Waals surface area contributed by atoms with Crippen LogP contribution >= 0.6 is 0 Å². The zero-order valence-electron chi connectivity index (χ0n) is 9.46. The monoisotopic (exact) mass is 222 g/mol. The zero-order valence-corrected chi connectivity index (χ0v) is 9.46. The normalized spacial score (nSPS) is 11.9. The molecule has 1 aromatic rings. The zero-order chi connectivity index (χ0) is 12.0. The van der Waals surface area contributed by atoms with Crippen LogP contribution in [0, 0.1) is 17.1 Å². The summed E-state index contributed by atoms with van der Waals surface area (Å²) in [6.45, 7) is 5.01. The summed E-state index contributed by atoms with van der Waals surface area (Å²) in [5, 5.41) is 11.5. The molecule has 0 aromatic heterocycles. The van der Waals surface area contributed by atoms with Crippen molar-refractivity contribution in [3.63, 3.8) is 0 Å². The Morgan fingerprint density at radius 1 is 1.56 bits per heavy atom. The van der Waals surface area contributed by atoms with Gasteiger partial charge in [-0.15, -0.1) is 0 Å². The first kappa shape index (κ1) is 12.5. The standard InChI is InChI=1S/C12H15FN2O/c1-3-16-9(2)8-15-12-5-4-10(7-14)6-11(12)13/h4-6,9,15H,3,8H2,1-2H3. The summed E-state index contributed by atoms with van der Waals surface area (Å²) in [4.78, 5) is 0. The molecule has 86 valence electrons. The van der Waals surface area contributed by atoms with Crippen LogP contribution in [0.2, 0.25) is 0 Å². The second-order valence-electron chi connectivity index (χ2n) is 3.45. The van der Waals surface area contributed by atoms with Gasteiger partial charge in [0, 0.05) is 13.2 Å². The number of hydrogen-bond donors (Lipinski definition) is 1. The summed E-state index contributed by atoms with van der Waals surface area (Å²) < 4.78 is 18.7. The molecule has 1 atom stereocenters. The third kappa shape index (κ3) is 3.52. The summed E-state index contributed by atoms with van der Waals surface area (Å²) in [6.07, 6.45) is 0.0278. The minimum Gasteiger partial charge on any atom is -0.380 e. The van der Waals surface area contributed by atoms with Gasteiger partial charge in [0.15, 0.2) is 0 Å². The lowest BCUT2D eigenvalue weighted by atomic mass is 10.2. The number of anilines is 1. The van der Waals surface area contributed by atoms with Crippen LogP contribution in [0.25, 0.3) is 0 Å². The Morgan fingerprint density at radius 3 is 2.88 bits per heavy atom. The quantitative estimate of drug-likeness (QED) is 0.832. The van der Waals surface area contributed by atoms with Crippen molar-refractivity contribution in [1.29, 1.82) is 5.26 Å². The van der Waals surface area contributed by atoms with Crippen LogP contribution in [0.4, 0.5) is 10.1 Å². The SMILES string of the molecule is CCOC(C)CNc1ccc(C#N)cc1F. The number of nitrogens with zero attached hydrogens (tertiary/aromatic N) is 1. The van der Waals surface area contributed by atoms with E-state index in [9.17, 15) is 4.39 Å². The molecular weight excluding hydrogens is 207 g/mol. The molecule has 0 aliphatic carbocycles. The van der Waals surface area contributed by atoms with E-state index in [2.05, 4.69) is 5.32 Å². The van der Waals surface area contributed by atoms with Gasteiger partial charge >= 0.3 is 0 Å². The maximum absolute atomic E-state index is 13.4. The lowest BCUT2D eigenvalue weighted by Gasteiger charge is -2.13. The lowest BCUT2D eigenvalue weighted by Crippen LogP contribution is -2.20. The molecule has 0 saturated carbocycles. The van der Waals surface area contributed by atoms with E-state index in [1.54, 1.807) is 12.1 Å². The molecule has 0 heterocycles. The van der Waals surface area contributed by atoms with Gasteiger partial charge in [0.25, 0.3) is 0 Å². The molecule has 4 heteroatoms. The highest BCUT2D eigenvalue weighted by atomic mass is 19.1. The van der Waals surface area contributed by atoms with E-state index in [0.717, 1.165) is 0 Å². The Bertz CT molecular complexity index is 387. The molecule has 0 saturated heterocycles. The third-order valence-electron chi connectivity index (χ3n) is 2.13. The molecule has 1 unspecified atom stereocenters. The van der Waals surface area contributed by atoms with Gasteiger partial charge in [-0.1, -0.05) is 0 Å². The van der Waals surface area contributed by atoms with Crippen molar-refractivity contribution in [2.75, 3.05) is 18.5 Å². The van der Waals surface area contributed by atoms with E-state index in [0.29, 0.717) is 24.4 Å². The number of benzene rings is 1. The molecule has 0 aliphatic heterocycles. The molecule has 0 bridgehead atoms. The Labute approximate surface area is 94.8 Å². The van der Waals surface area contributed by atoms with Crippen LogP contribution in [-0.2, 0) is 4.74 Å². The molecule has 0 aliphatic rings. The van der Waals surface area contributed by atoms with Crippen molar-refractivity contribution in [3.05, 3.63) is 29.6 Å². The largest absolute Gasteiger partial charge is 0.380 e. The molecule has 0 spiro atoms. The van der Waals surface area contributed by atoms with Crippen molar-refractivity contribution in [1.82, 2.24) is 0 Å². The average molecular weight is 222 g/mol. The predicted molar refractivity (Wildman–Crippen MR) is 60.7 cm³/mol. The highest BCUT2D eigenvalue weighted by Crippen LogP contribution is 2.15. The van der Waals surface area contributed by atoms with E-state index in [-0.39, 0.29) is 6.10 Å². The second-order valence-corrected chi connectivity index (χ2v) is 3.45. The fourth-order valence-electron chi connectivity index (χ4n) is 1.33. The fourth-order valence-corrected chi connectivity index (χ4v) is 1.33. The van der Waals surface area contributed by atoms with Gasteiger partial charge in [0.1, 0.15) is 5.82 Å². The van der Waals surface area contributed by atoms with Crippen LogP contribution in [0.1, 0.15) is 19.4 Å². The van der Waals surface area contributed by atoms with Gasteiger partial charge in [-0.3, -0.25) is 0 Å². The first-order valence-corrected chi connectivity index (χ1v) is 5.22. The molecule has 0 fully saturated rings. The summed E-state index contributed by atoms with van der Waals surface area (Å²) in [5.74, 6) is -0.414. The van der Waals surface area contributed by atoms with E-state index in [1.807, 2.05) is 19.9 Å². The van der Waals surface area contributed by atoms with Crippen molar-refractivity contribution in [3.8, 4) is 6.07 Å². The number of halogens is 1. The summed E-state index contributed by atoms with van der Waals surface area (Å²) in [6, 6.07) is 6.25. The van der Waals surface area contributed by atoms with Crippen LogP contribution in [-0.4, -0.2) is 19.3 Å². The Balaban J connectivity index is 2.58. The van der Waals surface area contributed by atoms with E-state index in [1.165, 1.54) is 6.07 Å². The highest BCUT2D eigenvalue weighted by molar-refractivity contribution is 5.48. The number of nitrogens with one attached hydrogen (secondary N) is 1. The molecule has 0 amide bonds. The van der Waals surface area contributed by atoms with E-state index in [4.69, 9.17) is 10.00 Å². The Morgan fingerprint density at radius 2 is 2.31 bits per heavy atom. The number of ether oxygens (including phenoxy) is 1. The molecule has 1 N–H and O–H groups in total. The van der Waals surface area contributed by atoms with Gasteiger partial charge in [0.2, 0.25) is 0 Å². The first-order valence-electron chi connectivity index (χ1n) is 5.22. The minimum absolute atomic E-state index is 0.0278. The van der Waals surface area contributed by atoms with Crippen LogP contribution < -0.4 is 5.32 Å². The highest BCUT2D eigenvalue weighted by Gasteiger charge is 2.05. The maximum Gasteiger partial charge on any atom is 0.147 e. The van der Waals surface area contributed by atoms with Gasteiger partial charge in [0.05, 0.1) is 23.4 Å². The minimum atomic E-state index is -0.414. The smallest absolute Gasteiger partial charge is 0.147 e. The Kier molecular flexibility index (Phi) is 4.74. The fraction of sp³-hybridized carbons (Fsp3) is 0.417. The van der Waals surface area contributed by atoms with Gasteiger partial charge in [-0.25, -0.2) is 4.39 Å². The Hall–Kier alpha value is -1.60. The van der Waals surface area contributed by atoms with Crippen molar-refractivity contribution in [2.24, 2.45) is 0 Å². The van der Waals surface area contributed by atoms with Crippen LogP contribution in [0.5, 0.6) is 0 Å². The molecule has 3 nitrogen and oxygen atoms in total. The molecule has 1 rings (SSSR count). The third-order valence-corrected chi connectivity index (χ3v) is 2.13. The van der Waals surface area contributed by atoms with Crippen LogP contribution in [0.3, 0.4) is 0 Å². The van der Waals surface area contributed by atoms with Gasteiger partial charge < -0.3 is 10.1 Å². The number of hydrogen-bond acceptors (Lipinski definition) is 3. The molecule has 16 heavy (non-hydrogen) atoms. The van der Waals surface area contributed by atoms with Crippen molar-refractivity contribution < 1.29 is 9.13 Å². The molecule has 0 radical (unpaired) electrons. The van der Waals surface area contributed by atoms with Gasteiger partial charge in [-0.05, 0) is 32.0 Å². The maximum atomic E-state index is 13.4. The summed E-state index contributed by atoms with van der Waals surface area (Å²) in [5.41, 5.74) is 0.714. The lowest BCUT2D eigenvalue weighted by molar-refractivity contribution is 0.0855. The first-order chi connectivity index (χ1) is 7.67. The number of rotatable bonds is 5. The second kappa shape index (κ2) is 6.09.